The van der Waals surface area contributed by atoms with Gasteiger partial charge in [-0.3, -0.25) is 0 Å². The Morgan fingerprint density at radius 3 is 1.85 bits per heavy atom. The summed E-state index contributed by atoms with van der Waals surface area (Å²) in [6.45, 7) is 9.37. The Morgan fingerprint density at radius 2 is 1.38 bits per heavy atom. The molecule has 0 N–H and O–H groups in total. The molecule has 0 unspecified atom stereocenters. The highest BCUT2D eigenvalue weighted by Gasteiger charge is 2.33. The van der Waals surface area contributed by atoms with E-state index in [0.29, 0.717) is 17.8 Å². The van der Waals surface area contributed by atoms with Crippen molar-refractivity contribution in [2.45, 2.75) is 98.0 Å². The maximum absolute atomic E-state index is 12.1. The van der Waals surface area contributed by atoms with Crippen LogP contribution in [0.3, 0.4) is 0 Å². The number of alkyl halides is 5. The molecule has 34 heavy (non-hydrogen) atoms. The third-order valence-corrected chi connectivity index (χ3v) is 5.06. The van der Waals surface area contributed by atoms with E-state index in [2.05, 4.69) is 9.47 Å². The van der Waals surface area contributed by atoms with Crippen molar-refractivity contribution >= 4 is 0 Å². The van der Waals surface area contributed by atoms with Gasteiger partial charge in [0.25, 0.3) is 0 Å². The molecule has 2 saturated carbocycles. The minimum atomic E-state index is -4.61. The quantitative estimate of drug-likeness (QED) is 0.377. The molecule has 0 radical (unpaired) electrons. The number of rotatable bonds is 6. The third kappa shape index (κ3) is 10.7. The van der Waals surface area contributed by atoms with Crippen LogP contribution in [0.5, 0.6) is 11.5 Å². The smallest absolute Gasteiger partial charge is 0.435 e. The van der Waals surface area contributed by atoms with Crippen molar-refractivity contribution in [2.75, 3.05) is 0 Å². The molecule has 0 spiro atoms. The molecule has 0 aliphatic heterocycles. The number of ether oxygens (including phenoxy) is 2. The van der Waals surface area contributed by atoms with Gasteiger partial charge >= 0.3 is 13.0 Å². The van der Waals surface area contributed by atoms with E-state index < -0.39 is 13.0 Å². The van der Waals surface area contributed by atoms with Gasteiger partial charge in [-0.25, -0.2) is 0 Å². The van der Waals surface area contributed by atoms with E-state index in [1.54, 1.807) is 30.3 Å². The average molecular weight is 489 g/mol. The fraction of sp³-hybridized carbons (Fsp3) is 0.556. The summed E-state index contributed by atoms with van der Waals surface area (Å²) in [5.74, 6) is 1.47. The van der Waals surface area contributed by atoms with Crippen LogP contribution in [0.1, 0.15) is 102 Å². The van der Waals surface area contributed by atoms with Gasteiger partial charge in [-0.2, -0.15) is 8.78 Å². The molecule has 0 heterocycles. The van der Waals surface area contributed by atoms with Gasteiger partial charge in [0, 0.05) is 0 Å². The number of hydrogen-bond acceptors (Lipinski definition) is 2. The second kappa shape index (κ2) is 14.2. The van der Waals surface area contributed by atoms with E-state index in [9.17, 15) is 22.0 Å². The van der Waals surface area contributed by atoms with Gasteiger partial charge in [0.05, 0.1) is 0 Å². The van der Waals surface area contributed by atoms with E-state index >= 15 is 0 Å². The molecule has 0 bridgehead atoms. The monoisotopic (exact) mass is 488 g/mol. The van der Waals surface area contributed by atoms with Crippen molar-refractivity contribution in [2.24, 2.45) is 0 Å². The maximum atomic E-state index is 12.1. The first kappa shape index (κ1) is 29.7. The Labute approximate surface area is 200 Å². The van der Waals surface area contributed by atoms with Gasteiger partial charge in [0.1, 0.15) is 11.5 Å². The number of halogens is 5. The van der Waals surface area contributed by atoms with Crippen molar-refractivity contribution in [3.63, 3.8) is 0 Å². The van der Waals surface area contributed by atoms with Crippen LogP contribution in [0.2, 0.25) is 0 Å². The van der Waals surface area contributed by atoms with E-state index in [-0.39, 0.29) is 11.5 Å². The second-order valence-corrected chi connectivity index (χ2v) is 7.99. The Morgan fingerprint density at radius 1 is 0.794 bits per heavy atom. The van der Waals surface area contributed by atoms with Gasteiger partial charge < -0.3 is 9.47 Å². The summed E-state index contributed by atoms with van der Waals surface area (Å²) in [6.07, 6.45) is -0.152. The Kier molecular flexibility index (Phi) is 12.4. The molecule has 0 amide bonds. The maximum Gasteiger partial charge on any atom is 0.573 e. The molecule has 192 valence electrons. The summed E-state index contributed by atoms with van der Waals surface area (Å²) < 4.78 is 68.3. The molecule has 0 aromatic heterocycles. The van der Waals surface area contributed by atoms with Gasteiger partial charge in [0.15, 0.2) is 0 Å². The predicted molar refractivity (Wildman–Crippen MR) is 127 cm³/mol. The molecular formula is C27H37F5O2. The largest absolute Gasteiger partial charge is 0.573 e. The normalized spacial score (nSPS) is 14.7. The van der Waals surface area contributed by atoms with Crippen LogP contribution in [0.15, 0.2) is 42.5 Å². The molecule has 2 aromatic rings. The first-order valence-corrected chi connectivity index (χ1v) is 12.1. The van der Waals surface area contributed by atoms with Crippen molar-refractivity contribution in [3.05, 3.63) is 59.2 Å². The molecule has 0 atom stereocenters. The Bertz CT molecular complexity index is 841. The lowest BCUT2D eigenvalue weighted by Crippen LogP contribution is -2.17. The lowest BCUT2D eigenvalue weighted by Gasteiger charge is -2.15. The van der Waals surface area contributed by atoms with Gasteiger partial charge in [-0.05, 0) is 84.4 Å². The molecule has 0 saturated heterocycles. The zero-order valence-electron chi connectivity index (χ0n) is 20.9. The molecule has 2 aliphatic carbocycles. The summed E-state index contributed by atoms with van der Waals surface area (Å²) in [6, 6.07) is 11.7. The fourth-order valence-corrected chi connectivity index (χ4v) is 3.38. The van der Waals surface area contributed by atoms with Gasteiger partial charge in [0.2, 0.25) is 0 Å². The van der Waals surface area contributed by atoms with Crippen LogP contribution >= 0.6 is 0 Å². The van der Waals surface area contributed by atoms with Crippen LogP contribution in [0.25, 0.3) is 0 Å². The topological polar surface area (TPSA) is 18.5 Å². The molecule has 2 fully saturated rings. The van der Waals surface area contributed by atoms with E-state index in [1.807, 2.05) is 47.6 Å². The van der Waals surface area contributed by atoms with Crippen molar-refractivity contribution < 1.29 is 31.4 Å². The zero-order chi connectivity index (χ0) is 25.9. The minimum Gasteiger partial charge on any atom is -0.435 e. The van der Waals surface area contributed by atoms with Crippen LogP contribution in [0, 0.1) is 0 Å². The lowest BCUT2D eigenvalue weighted by molar-refractivity contribution is -0.274. The van der Waals surface area contributed by atoms with Crippen molar-refractivity contribution in [3.8, 4) is 11.5 Å². The molecule has 2 aromatic carbocycles. The highest BCUT2D eigenvalue weighted by atomic mass is 19.4. The van der Waals surface area contributed by atoms with Crippen LogP contribution in [-0.4, -0.2) is 13.0 Å². The highest BCUT2D eigenvalue weighted by molar-refractivity contribution is 5.41. The summed E-state index contributed by atoms with van der Waals surface area (Å²) in [4.78, 5) is 0. The molecular weight excluding hydrogens is 451 g/mol. The highest BCUT2D eigenvalue weighted by Crippen LogP contribution is 2.45. The predicted octanol–water partition coefficient (Wildman–Crippen LogP) is 9.80. The van der Waals surface area contributed by atoms with E-state index in [1.165, 1.54) is 6.07 Å². The van der Waals surface area contributed by atoms with Crippen LogP contribution in [0.4, 0.5) is 22.0 Å². The Balaban J connectivity index is 0.000000304. The average Bonchev–Trinajstić information content (AvgIpc) is 3.69. The summed E-state index contributed by atoms with van der Waals surface area (Å²) in [5.41, 5.74) is 3.25. The van der Waals surface area contributed by atoms with Crippen molar-refractivity contribution in [1.29, 1.82) is 0 Å². The molecule has 2 aliphatic rings. The lowest BCUT2D eigenvalue weighted by atomic mass is 9.94. The third-order valence-electron chi connectivity index (χ3n) is 5.06. The number of hydrogen-bond donors (Lipinski definition) is 0. The molecule has 4 rings (SSSR count). The zero-order valence-corrected chi connectivity index (χ0v) is 20.9. The first-order valence-electron chi connectivity index (χ1n) is 12.1. The summed E-state index contributed by atoms with van der Waals surface area (Å²) in [7, 11) is 0. The van der Waals surface area contributed by atoms with Crippen molar-refractivity contribution in [1.82, 2.24) is 0 Å². The SMILES string of the molecule is CC.CC.CC(C)c1ccc(OC(F)(F)F)cc1C1CC1.FC(F)Oc1cccc(C2CC2)c1. The van der Waals surface area contributed by atoms with E-state index in [0.717, 1.165) is 42.4 Å². The molecule has 2 nitrogen and oxygen atoms in total. The van der Waals surface area contributed by atoms with Crippen LogP contribution in [-0.2, 0) is 0 Å². The van der Waals surface area contributed by atoms with Gasteiger partial charge in [-0.15, -0.1) is 13.2 Å². The van der Waals surface area contributed by atoms with E-state index in [4.69, 9.17) is 0 Å². The van der Waals surface area contributed by atoms with Crippen LogP contribution < -0.4 is 9.47 Å². The fourth-order valence-electron chi connectivity index (χ4n) is 3.38. The van der Waals surface area contributed by atoms with Gasteiger partial charge in [-0.1, -0.05) is 59.7 Å². The first-order chi connectivity index (χ1) is 16.1. The Hall–Kier alpha value is -2.31. The summed E-state index contributed by atoms with van der Waals surface area (Å²) in [5, 5.41) is 0. The second-order valence-electron chi connectivity index (χ2n) is 7.99. The molecule has 7 heteroatoms. The standard InChI is InChI=1S/C13H15F3O.C10H10F2O.2C2H6/c1-8(2)11-6-5-10(17-13(14,15)16)7-12(11)9-3-4-9;11-10(12)13-9-3-1-2-8(6-9)7-4-5-7;2*1-2/h5-9H,3-4H2,1-2H3;1-3,6-7,10H,4-5H2;2*1-2H3. The minimum absolute atomic E-state index is 0.108. The number of benzene rings is 2. The summed E-state index contributed by atoms with van der Waals surface area (Å²) >= 11 is 0.